The van der Waals surface area contributed by atoms with Crippen LogP contribution in [0, 0.1) is 0 Å². The summed E-state index contributed by atoms with van der Waals surface area (Å²) >= 11 is 0. The number of rotatable bonds is 6. The summed E-state index contributed by atoms with van der Waals surface area (Å²) in [5, 5.41) is 0. The molecule has 0 aliphatic carbocycles. The third-order valence-electron chi connectivity index (χ3n) is 9.53. The van der Waals surface area contributed by atoms with E-state index in [9.17, 15) is 0 Å². The van der Waals surface area contributed by atoms with Crippen molar-refractivity contribution < 1.29 is 4.74 Å². The Hall–Kier alpha value is -6.65. The lowest BCUT2D eigenvalue weighted by molar-refractivity contribution is 0.434. The van der Waals surface area contributed by atoms with E-state index in [2.05, 4.69) is 137 Å². The van der Waals surface area contributed by atoms with Crippen LogP contribution in [0.5, 0.6) is 11.5 Å². The van der Waals surface area contributed by atoms with Gasteiger partial charge in [-0.1, -0.05) is 121 Å². The van der Waals surface area contributed by atoms with Crippen molar-refractivity contribution in [3.8, 4) is 56.5 Å². The smallest absolute Gasteiger partial charge is 0.132 e. The van der Waals surface area contributed by atoms with Gasteiger partial charge < -0.3 is 4.74 Å². The summed E-state index contributed by atoms with van der Waals surface area (Å²) in [6.07, 6.45) is 3.60. The molecule has 0 bridgehead atoms. The predicted octanol–water partition coefficient (Wildman–Crippen LogP) is 11.0. The molecule has 0 spiro atoms. The molecule has 50 heavy (non-hydrogen) atoms. The maximum absolute atomic E-state index is 6.58. The van der Waals surface area contributed by atoms with Crippen molar-refractivity contribution in [3.05, 3.63) is 211 Å². The van der Waals surface area contributed by atoms with E-state index in [1.54, 1.807) is 12.4 Å². The highest BCUT2D eigenvalue weighted by Crippen LogP contribution is 2.56. The Kier molecular flexibility index (Phi) is 7.33. The van der Waals surface area contributed by atoms with E-state index in [1.165, 1.54) is 11.1 Å². The monoisotopic (exact) mass is 641 g/mol. The van der Waals surface area contributed by atoms with Gasteiger partial charge in [0.15, 0.2) is 0 Å². The molecule has 4 nitrogen and oxygen atoms in total. The fraction of sp³-hybridized carbons (Fsp3) is 0.0217. The van der Waals surface area contributed by atoms with Crippen molar-refractivity contribution >= 4 is 0 Å². The average Bonchev–Trinajstić information content (AvgIpc) is 3.21. The first-order valence-corrected chi connectivity index (χ1v) is 16.8. The van der Waals surface area contributed by atoms with Gasteiger partial charge in [-0.3, -0.25) is 9.97 Å². The number of fused-ring (bicyclic) bond motifs is 2. The number of nitrogens with zero attached hydrogens (tertiary/aromatic N) is 3. The summed E-state index contributed by atoms with van der Waals surface area (Å²) < 4.78 is 6.58. The van der Waals surface area contributed by atoms with Crippen LogP contribution in [0.3, 0.4) is 0 Å². The molecule has 0 saturated carbocycles. The van der Waals surface area contributed by atoms with Gasteiger partial charge in [-0.15, -0.1) is 0 Å². The summed E-state index contributed by atoms with van der Waals surface area (Å²) in [4.78, 5) is 14.3. The summed E-state index contributed by atoms with van der Waals surface area (Å²) in [5.74, 6) is 1.72. The van der Waals surface area contributed by atoms with Crippen LogP contribution in [0.15, 0.2) is 188 Å². The minimum atomic E-state index is -0.631. The summed E-state index contributed by atoms with van der Waals surface area (Å²) in [6, 6.07) is 61.3. The van der Waals surface area contributed by atoms with Crippen LogP contribution in [-0.2, 0) is 5.41 Å². The number of pyridine rings is 3. The lowest BCUT2D eigenvalue weighted by Crippen LogP contribution is -2.34. The molecule has 0 saturated heterocycles. The number of hydrogen-bond acceptors (Lipinski definition) is 4. The average molecular weight is 642 g/mol. The Morgan fingerprint density at radius 2 is 0.920 bits per heavy atom. The Bertz CT molecular complexity index is 2360. The zero-order chi connectivity index (χ0) is 33.3. The van der Waals surface area contributed by atoms with E-state index < -0.39 is 5.41 Å². The van der Waals surface area contributed by atoms with Gasteiger partial charge in [-0.05, 0) is 88.0 Å². The molecular formula is C46H31N3O. The highest BCUT2D eigenvalue weighted by Gasteiger charge is 2.46. The van der Waals surface area contributed by atoms with Crippen molar-refractivity contribution in [3.63, 3.8) is 0 Å². The van der Waals surface area contributed by atoms with Crippen LogP contribution in [-0.4, -0.2) is 15.0 Å². The molecule has 4 heterocycles. The molecule has 1 aliphatic rings. The van der Waals surface area contributed by atoms with E-state index in [0.717, 1.165) is 67.7 Å². The van der Waals surface area contributed by atoms with Gasteiger partial charge in [0, 0.05) is 23.5 Å². The van der Waals surface area contributed by atoms with E-state index in [-0.39, 0.29) is 0 Å². The van der Waals surface area contributed by atoms with Crippen LogP contribution < -0.4 is 4.74 Å². The van der Waals surface area contributed by atoms with Crippen LogP contribution in [0.25, 0.3) is 45.0 Å². The van der Waals surface area contributed by atoms with Gasteiger partial charge in [0.25, 0.3) is 0 Å². The lowest BCUT2D eigenvalue weighted by atomic mass is 9.62. The van der Waals surface area contributed by atoms with Crippen LogP contribution in [0.4, 0.5) is 0 Å². The first kappa shape index (κ1) is 29.5. The van der Waals surface area contributed by atoms with Crippen molar-refractivity contribution in [1.82, 2.24) is 15.0 Å². The van der Waals surface area contributed by atoms with Gasteiger partial charge in [-0.2, -0.15) is 0 Å². The SMILES string of the molecule is c1ccc(C2(c3ccccc3-c3cccc(-c4cc(-c5ccccn5)nc(-c5ccccn5)c4)c3)c3ccccc3Oc3ccccc32)cc1. The van der Waals surface area contributed by atoms with Crippen molar-refractivity contribution in [2.75, 3.05) is 0 Å². The van der Waals surface area contributed by atoms with E-state index in [0.29, 0.717) is 0 Å². The van der Waals surface area contributed by atoms with Crippen molar-refractivity contribution in [1.29, 1.82) is 0 Å². The van der Waals surface area contributed by atoms with E-state index in [4.69, 9.17) is 9.72 Å². The summed E-state index contributed by atoms with van der Waals surface area (Å²) in [5.41, 5.74) is 11.6. The molecule has 0 amide bonds. The van der Waals surface area contributed by atoms with Gasteiger partial charge in [0.2, 0.25) is 0 Å². The number of hydrogen-bond donors (Lipinski definition) is 0. The molecule has 0 N–H and O–H groups in total. The third kappa shape index (κ3) is 4.97. The fourth-order valence-corrected chi connectivity index (χ4v) is 7.36. The molecule has 1 aliphatic heterocycles. The van der Waals surface area contributed by atoms with Crippen LogP contribution in [0.2, 0.25) is 0 Å². The van der Waals surface area contributed by atoms with E-state index >= 15 is 0 Å². The quantitative estimate of drug-likeness (QED) is 0.181. The molecule has 236 valence electrons. The maximum atomic E-state index is 6.58. The van der Waals surface area contributed by atoms with Crippen LogP contribution >= 0.6 is 0 Å². The minimum Gasteiger partial charge on any atom is -0.457 e. The van der Waals surface area contributed by atoms with Gasteiger partial charge in [-0.25, -0.2) is 4.98 Å². The molecule has 4 heteroatoms. The number of aromatic nitrogens is 3. The first-order chi connectivity index (χ1) is 24.8. The number of benzene rings is 5. The maximum Gasteiger partial charge on any atom is 0.132 e. The van der Waals surface area contributed by atoms with Crippen molar-refractivity contribution in [2.24, 2.45) is 0 Å². The second-order valence-corrected chi connectivity index (χ2v) is 12.4. The molecule has 0 atom stereocenters. The normalized spacial score (nSPS) is 12.7. The van der Waals surface area contributed by atoms with Crippen molar-refractivity contribution in [2.45, 2.75) is 5.41 Å². The Morgan fingerprint density at radius 1 is 0.380 bits per heavy atom. The highest BCUT2D eigenvalue weighted by atomic mass is 16.5. The summed E-state index contributed by atoms with van der Waals surface area (Å²) in [6.45, 7) is 0. The zero-order valence-electron chi connectivity index (χ0n) is 27.1. The fourth-order valence-electron chi connectivity index (χ4n) is 7.36. The molecule has 9 rings (SSSR count). The minimum absolute atomic E-state index is 0.631. The largest absolute Gasteiger partial charge is 0.457 e. The first-order valence-electron chi connectivity index (χ1n) is 16.8. The molecule has 0 fully saturated rings. The topological polar surface area (TPSA) is 47.9 Å². The molecule has 0 unspecified atom stereocenters. The Balaban J connectivity index is 1.27. The van der Waals surface area contributed by atoms with Gasteiger partial charge in [0.05, 0.1) is 28.2 Å². The number of para-hydroxylation sites is 2. The highest BCUT2D eigenvalue weighted by molar-refractivity contribution is 5.82. The Morgan fingerprint density at radius 3 is 1.54 bits per heavy atom. The molecule has 8 aromatic rings. The molecule has 5 aromatic carbocycles. The predicted molar refractivity (Wildman–Crippen MR) is 200 cm³/mol. The van der Waals surface area contributed by atoms with Gasteiger partial charge >= 0.3 is 0 Å². The summed E-state index contributed by atoms with van der Waals surface area (Å²) in [7, 11) is 0. The second-order valence-electron chi connectivity index (χ2n) is 12.4. The zero-order valence-corrected chi connectivity index (χ0v) is 27.1. The number of ether oxygens (including phenoxy) is 1. The second kappa shape index (κ2) is 12.4. The van der Waals surface area contributed by atoms with Crippen LogP contribution in [0.1, 0.15) is 22.3 Å². The van der Waals surface area contributed by atoms with Gasteiger partial charge in [0.1, 0.15) is 11.5 Å². The molecule has 0 radical (unpaired) electrons. The third-order valence-corrected chi connectivity index (χ3v) is 9.53. The molecular weight excluding hydrogens is 611 g/mol. The Labute approximate surface area is 291 Å². The lowest BCUT2D eigenvalue weighted by Gasteiger charge is -2.42. The van der Waals surface area contributed by atoms with E-state index in [1.807, 2.05) is 48.5 Å². The standard InChI is InChI=1S/C46H31N3O/c1-2-17-35(18-3-1)46(38-21-6-8-25-44(38)50-45-26-9-7-22-39(45)46)37-20-5-4-19-36(37)33-16-14-15-32(29-33)34-30-42(40-23-10-12-27-47-40)49-43(31-34)41-24-11-13-28-48-41/h1-31H. The molecule has 3 aromatic heterocycles.